The predicted molar refractivity (Wildman–Crippen MR) is 83.7 cm³/mol. The summed E-state index contributed by atoms with van der Waals surface area (Å²) in [5.41, 5.74) is 7.15. The first-order valence-corrected chi connectivity index (χ1v) is 7.76. The molecule has 4 heteroatoms. The Hall–Kier alpha value is -0.970. The van der Waals surface area contributed by atoms with E-state index in [0.29, 0.717) is 12.5 Å². The number of benzene rings is 1. The normalized spacial score (nSPS) is 23.0. The Morgan fingerprint density at radius 1 is 1.38 bits per heavy atom. The number of methoxy groups -OCH3 is 1. The van der Waals surface area contributed by atoms with E-state index in [1.165, 1.54) is 25.0 Å². The first-order valence-electron chi connectivity index (χ1n) is 7.76. The first-order chi connectivity index (χ1) is 10.1. The highest BCUT2D eigenvalue weighted by atomic mass is 19.1. The Balaban J connectivity index is 2.06. The Bertz CT molecular complexity index is 435. The molecule has 21 heavy (non-hydrogen) atoms. The first kappa shape index (κ1) is 16.4. The van der Waals surface area contributed by atoms with Gasteiger partial charge < -0.3 is 10.5 Å². The molecule has 2 N–H and O–H groups in total. The van der Waals surface area contributed by atoms with Crippen molar-refractivity contribution in [2.45, 2.75) is 31.7 Å². The van der Waals surface area contributed by atoms with Crippen LogP contribution in [0.25, 0.3) is 0 Å². The van der Waals surface area contributed by atoms with Crippen molar-refractivity contribution < 1.29 is 9.13 Å². The van der Waals surface area contributed by atoms with Crippen LogP contribution in [0.5, 0.6) is 0 Å². The van der Waals surface area contributed by atoms with Crippen molar-refractivity contribution in [3.05, 3.63) is 35.6 Å². The third-order valence-electron chi connectivity index (χ3n) is 4.62. The monoisotopic (exact) mass is 294 g/mol. The van der Waals surface area contributed by atoms with Gasteiger partial charge >= 0.3 is 0 Å². The Kier molecular flexibility index (Phi) is 5.73. The van der Waals surface area contributed by atoms with E-state index in [-0.39, 0.29) is 11.4 Å². The SMILES string of the molecule is COCC1CCCN(C(C)(CN)Cc2ccc(F)cc2)C1. The van der Waals surface area contributed by atoms with Crippen LogP contribution in [0.2, 0.25) is 0 Å². The summed E-state index contributed by atoms with van der Waals surface area (Å²) in [5, 5.41) is 0. The van der Waals surface area contributed by atoms with E-state index in [1.54, 1.807) is 7.11 Å². The van der Waals surface area contributed by atoms with Crippen LogP contribution in [0, 0.1) is 11.7 Å². The molecule has 2 atom stereocenters. The minimum absolute atomic E-state index is 0.0791. The lowest BCUT2D eigenvalue weighted by atomic mass is 9.87. The molecule has 0 saturated carbocycles. The third-order valence-corrected chi connectivity index (χ3v) is 4.62. The molecule has 118 valence electrons. The zero-order chi connectivity index (χ0) is 15.3. The van der Waals surface area contributed by atoms with Gasteiger partial charge in [0.2, 0.25) is 0 Å². The Labute approximate surface area is 127 Å². The summed E-state index contributed by atoms with van der Waals surface area (Å²) in [7, 11) is 1.76. The molecule has 0 radical (unpaired) electrons. The predicted octanol–water partition coefficient (Wildman–Crippen LogP) is 2.44. The van der Waals surface area contributed by atoms with E-state index in [9.17, 15) is 4.39 Å². The van der Waals surface area contributed by atoms with Gasteiger partial charge in [-0.1, -0.05) is 12.1 Å². The fourth-order valence-corrected chi connectivity index (χ4v) is 3.28. The molecule has 1 aromatic carbocycles. The Morgan fingerprint density at radius 2 is 2.10 bits per heavy atom. The molecule has 2 unspecified atom stereocenters. The van der Waals surface area contributed by atoms with Crippen molar-refractivity contribution in [1.29, 1.82) is 0 Å². The number of piperidine rings is 1. The molecule has 1 aromatic rings. The van der Waals surface area contributed by atoms with Crippen molar-refractivity contribution in [3.63, 3.8) is 0 Å². The number of likely N-dealkylation sites (tertiary alicyclic amines) is 1. The molecule has 0 amide bonds. The van der Waals surface area contributed by atoms with Crippen LogP contribution in [0.1, 0.15) is 25.3 Å². The number of nitrogens with two attached hydrogens (primary N) is 1. The van der Waals surface area contributed by atoms with Crippen LogP contribution < -0.4 is 5.73 Å². The smallest absolute Gasteiger partial charge is 0.123 e. The summed E-state index contributed by atoms with van der Waals surface area (Å²) in [6.07, 6.45) is 3.26. The number of hydrogen-bond acceptors (Lipinski definition) is 3. The highest BCUT2D eigenvalue weighted by molar-refractivity contribution is 5.19. The van der Waals surface area contributed by atoms with Crippen molar-refractivity contribution >= 4 is 0 Å². The third kappa shape index (κ3) is 4.25. The highest BCUT2D eigenvalue weighted by Gasteiger charge is 2.34. The van der Waals surface area contributed by atoms with Crippen LogP contribution >= 0.6 is 0 Å². The van der Waals surface area contributed by atoms with E-state index in [1.807, 2.05) is 12.1 Å². The van der Waals surface area contributed by atoms with Crippen molar-refractivity contribution in [1.82, 2.24) is 4.90 Å². The number of halogens is 1. The lowest BCUT2D eigenvalue weighted by Gasteiger charge is -2.45. The number of hydrogen-bond donors (Lipinski definition) is 1. The second kappa shape index (κ2) is 7.34. The van der Waals surface area contributed by atoms with Crippen molar-refractivity contribution in [3.8, 4) is 0 Å². The summed E-state index contributed by atoms with van der Waals surface area (Å²) in [6, 6.07) is 6.77. The van der Waals surface area contributed by atoms with Gasteiger partial charge in [-0.3, -0.25) is 4.90 Å². The van der Waals surface area contributed by atoms with E-state index in [2.05, 4.69) is 11.8 Å². The van der Waals surface area contributed by atoms with E-state index >= 15 is 0 Å². The van der Waals surface area contributed by atoms with Gasteiger partial charge in [-0.25, -0.2) is 4.39 Å². The van der Waals surface area contributed by atoms with Gasteiger partial charge in [0.05, 0.1) is 6.61 Å². The highest BCUT2D eigenvalue weighted by Crippen LogP contribution is 2.27. The van der Waals surface area contributed by atoms with Gasteiger partial charge in [0.1, 0.15) is 5.82 Å². The van der Waals surface area contributed by atoms with Gasteiger partial charge in [0, 0.05) is 25.7 Å². The maximum absolute atomic E-state index is 13.0. The summed E-state index contributed by atoms with van der Waals surface area (Å²) in [4.78, 5) is 2.49. The minimum Gasteiger partial charge on any atom is -0.384 e. The fourth-order valence-electron chi connectivity index (χ4n) is 3.28. The average molecular weight is 294 g/mol. The lowest BCUT2D eigenvalue weighted by Crippen LogP contribution is -2.56. The molecule has 1 aliphatic heterocycles. The van der Waals surface area contributed by atoms with Crippen LogP contribution in [0.15, 0.2) is 24.3 Å². The molecule has 1 heterocycles. The molecule has 1 fully saturated rings. The molecule has 1 aliphatic rings. The van der Waals surface area contributed by atoms with Crippen LogP contribution in [0.3, 0.4) is 0 Å². The largest absolute Gasteiger partial charge is 0.384 e. The maximum atomic E-state index is 13.0. The molecule has 1 saturated heterocycles. The van der Waals surface area contributed by atoms with Crippen molar-refractivity contribution in [2.24, 2.45) is 11.7 Å². The van der Waals surface area contributed by atoms with E-state index < -0.39 is 0 Å². The standard InChI is InChI=1S/C17H27FN2O/c1-17(13-19,10-14-5-7-16(18)8-6-14)20-9-3-4-15(11-20)12-21-2/h5-8,15H,3-4,9-13,19H2,1-2H3. The van der Waals surface area contributed by atoms with Crippen LogP contribution in [-0.4, -0.2) is 43.8 Å². The van der Waals surface area contributed by atoms with Gasteiger partial charge in [-0.05, 0) is 56.3 Å². The second-order valence-corrected chi connectivity index (χ2v) is 6.41. The number of ether oxygens (including phenoxy) is 1. The minimum atomic E-state index is -0.189. The molecule has 0 bridgehead atoms. The van der Waals surface area contributed by atoms with Crippen LogP contribution in [-0.2, 0) is 11.2 Å². The lowest BCUT2D eigenvalue weighted by molar-refractivity contribution is 0.0308. The van der Waals surface area contributed by atoms with Gasteiger partial charge in [-0.2, -0.15) is 0 Å². The summed E-state index contributed by atoms with van der Waals surface area (Å²) in [5.74, 6) is 0.397. The zero-order valence-electron chi connectivity index (χ0n) is 13.1. The van der Waals surface area contributed by atoms with E-state index in [0.717, 1.165) is 31.7 Å². The molecule has 0 aliphatic carbocycles. The molecule has 3 nitrogen and oxygen atoms in total. The second-order valence-electron chi connectivity index (χ2n) is 6.41. The van der Waals surface area contributed by atoms with E-state index in [4.69, 9.17) is 10.5 Å². The fraction of sp³-hybridized carbons (Fsp3) is 0.647. The zero-order valence-corrected chi connectivity index (χ0v) is 13.1. The maximum Gasteiger partial charge on any atom is 0.123 e. The Morgan fingerprint density at radius 3 is 2.71 bits per heavy atom. The quantitative estimate of drug-likeness (QED) is 0.876. The summed E-state index contributed by atoms with van der Waals surface area (Å²) < 4.78 is 18.4. The topological polar surface area (TPSA) is 38.5 Å². The van der Waals surface area contributed by atoms with Gasteiger partial charge in [0.25, 0.3) is 0 Å². The average Bonchev–Trinajstić information content (AvgIpc) is 2.50. The molecular weight excluding hydrogens is 267 g/mol. The number of nitrogens with zero attached hydrogens (tertiary/aromatic N) is 1. The van der Waals surface area contributed by atoms with Gasteiger partial charge in [0.15, 0.2) is 0 Å². The summed E-state index contributed by atoms with van der Waals surface area (Å²) in [6.45, 7) is 5.74. The molecule has 0 aromatic heterocycles. The molecular formula is C17H27FN2O. The molecule has 0 spiro atoms. The number of rotatable bonds is 6. The van der Waals surface area contributed by atoms with Crippen molar-refractivity contribution in [2.75, 3.05) is 33.4 Å². The van der Waals surface area contributed by atoms with Gasteiger partial charge in [-0.15, -0.1) is 0 Å². The molecule has 2 rings (SSSR count). The van der Waals surface area contributed by atoms with Crippen LogP contribution in [0.4, 0.5) is 4.39 Å². The summed E-state index contributed by atoms with van der Waals surface area (Å²) >= 11 is 0.